The first-order valence-electron chi connectivity index (χ1n) is 8.64. The zero-order chi connectivity index (χ0) is 15.5. The van der Waals surface area contributed by atoms with Gasteiger partial charge in [0.25, 0.3) is 0 Å². The largest absolute Gasteiger partial charge is 0.357 e. The van der Waals surface area contributed by atoms with Crippen molar-refractivity contribution in [1.82, 2.24) is 14.8 Å². The Morgan fingerprint density at radius 2 is 2.14 bits per heavy atom. The highest BCUT2D eigenvalue weighted by Gasteiger charge is 2.20. The van der Waals surface area contributed by atoms with E-state index in [-0.39, 0.29) is 0 Å². The van der Waals surface area contributed by atoms with Gasteiger partial charge in [0.2, 0.25) is 0 Å². The van der Waals surface area contributed by atoms with E-state index in [0.717, 1.165) is 12.5 Å². The molecule has 0 aliphatic carbocycles. The molecule has 1 aliphatic rings. The molecule has 3 nitrogen and oxygen atoms in total. The molecule has 1 unspecified atom stereocenters. The van der Waals surface area contributed by atoms with Crippen molar-refractivity contribution < 1.29 is 0 Å². The Balaban J connectivity index is 1.63. The molecule has 1 fully saturated rings. The molecule has 0 bridgehead atoms. The van der Waals surface area contributed by atoms with Crippen molar-refractivity contribution in [2.45, 2.75) is 33.2 Å². The molecule has 0 spiro atoms. The molecule has 0 radical (unpaired) electrons. The number of H-pyrrole nitrogens is 1. The zero-order valence-corrected chi connectivity index (χ0v) is 14.2. The lowest BCUT2D eigenvalue weighted by Crippen LogP contribution is -2.39. The Kier molecular flexibility index (Phi) is 4.84. The van der Waals surface area contributed by atoms with Crippen LogP contribution < -0.4 is 0 Å². The van der Waals surface area contributed by atoms with Crippen LogP contribution in [0.15, 0.2) is 24.3 Å². The third kappa shape index (κ3) is 3.36. The number of likely N-dealkylation sites (tertiary alicyclic amines) is 1. The quantitative estimate of drug-likeness (QED) is 0.910. The molecule has 0 saturated carbocycles. The molecule has 120 valence electrons. The average molecular weight is 299 g/mol. The van der Waals surface area contributed by atoms with Gasteiger partial charge in [-0.2, -0.15) is 0 Å². The second-order valence-corrected chi connectivity index (χ2v) is 6.87. The van der Waals surface area contributed by atoms with Crippen LogP contribution >= 0.6 is 0 Å². The van der Waals surface area contributed by atoms with Gasteiger partial charge in [-0.1, -0.05) is 25.1 Å². The maximum atomic E-state index is 3.60. The number of hydrogen-bond donors (Lipinski definition) is 1. The maximum absolute atomic E-state index is 3.60. The summed E-state index contributed by atoms with van der Waals surface area (Å²) in [4.78, 5) is 8.68. The van der Waals surface area contributed by atoms with Gasteiger partial charge in [0.1, 0.15) is 0 Å². The highest BCUT2D eigenvalue weighted by molar-refractivity contribution is 5.84. The number of para-hydroxylation sites is 1. The number of hydrogen-bond acceptors (Lipinski definition) is 2. The van der Waals surface area contributed by atoms with Gasteiger partial charge in [-0.15, -0.1) is 0 Å². The Bertz CT molecular complexity index is 616. The predicted octanol–water partition coefficient (Wildman–Crippen LogP) is 3.64. The zero-order valence-electron chi connectivity index (χ0n) is 14.2. The molecular formula is C19H29N3. The molecule has 22 heavy (non-hydrogen) atoms. The Hall–Kier alpha value is -1.32. The molecule has 3 rings (SSSR count). The van der Waals surface area contributed by atoms with Crippen LogP contribution in [-0.4, -0.2) is 48.0 Å². The van der Waals surface area contributed by atoms with E-state index in [0.29, 0.717) is 0 Å². The van der Waals surface area contributed by atoms with Gasteiger partial charge >= 0.3 is 0 Å². The molecular weight excluding hydrogens is 270 g/mol. The Morgan fingerprint density at radius 3 is 2.91 bits per heavy atom. The summed E-state index contributed by atoms with van der Waals surface area (Å²) in [7, 11) is 2.26. The van der Waals surface area contributed by atoms with Gasteiger partial charge in [-0.05, 0) is 57.5 Å². The van der Waals surface area contributed by atoms with Gasteiger partial charge in [0.15, 0.2) is 0 Å². The lowest BCUT2D eigenvalue weighted by atomic mass is 9.97. The van der Waals surface area contributed by atoms with E-state index in [1.165, 1.54) is 61.2 Å². The number of nitrogens with zero attached hydrogens (tertiary/aromatic N) is 2. The SMILES string of the molecule is CCN1CCCC(CN(C)Cc2[nH]c3ccccc3c2C)C1. The minimum atomic E-state index is 0.823. The molecule has 1 aliphatic heterocycles. The lowest BCUT2D eigenvalue weighted by molar-refractivity contribution is 0.146. The lowest BCUT2D eigenvalue weighted by Gasteiger charge is -2.34. The highest BCUT2D eigenvalue weighted by Crippen LogP contribution is 2.23. The first kappa shape index (κ1) is 15.6. The molecule has 1 aromatic carbocycles. The van der Waals surface area contributed by atoms with Crippen LogP contribution in [0.25, 0.3) is 10.9 Å². The van der Waals surface area contributed by atoms with E-state index in [2.05, 4.69) is 59.9 Å². The van der Waals surface area contributed by atoms with Gasteiger partial charge in [0, 0.05) is 36.2 Å². The van der Waals surface area contributed by atoms with E-state index in [9.17, 15) is 0 Å². The van der Waals surface area contributed by atoms with Crippen LogP contribution in [0.3, 0.4) is 0 Å². The first-order chi connectivity index (χ1) is 10.7. The molecule has 0 amide bonds. The summed E-state index contributed by atoms with van der Waals surface area (Å²) < 4.78 is 0. The second-order valence-electron chi connectivity index (χ2n) is 6.87. The second kappa shape index (κ2) is 6.84. The van der Waals surface area contributed by atoms with E-state index in [4.69, 9.17) is 0 Å². The highest BCUT2D eigenvalue weighted by atomic mass is 15.2. The van der Waals surface area contributed by atoms with Crippen molar-refractivity contribution in [2.24, 2.45) is 5.92 Å². The molecule has 2 heterocycles. The predicted molar refractivity (Wildman–Crippen MR) is 94.2 cm³/mol. The number of piperidine rings is 1. The number of nitrogens with one attached hydrogen (secondary N) is 1. The molecule has 1 N–H and O–H groups in total. The van der Waals surface area contributed by atoms with Crippen molar-refractivity contribution in [3.8, 4) is 0 Å². The molecule has 1 saturated heterocycles. The number of aryl methyl sites for hydroxylation is 1. The van der Waals surface area contributed by atoms with E-state index in [1.54, 1.807) is 0 Å². The summed E-state index contributed by atoms with van der Waals surface area (Å²) in [5.41, 5.74) is 4.03. The fraction of sp³-hybridized carbons (Fsp3) is 0.579. The number of rotatable bonds is 5. The molecule has 1 atom stereocenters. The Morgan fingerprint density at radius 1 is 1.32 bits per heavy atom. The van der Waals surface area contributed by atoms with Crippen LogP contribution in [0, 0.1) is 12.8 Å². The number of fused-ring (bicyclic) bond motifs is 1. The summed E-state index contributed by atoms with van der Waals surface area (Å²) in [6, 6.07) is 8.61. The third-order valence-electron chi connectivity index (χ3n) is 5.12. The van der Waals surface area contributed by atoms with Crippen LogP contribution in [0.4, 0.5) is 0 Å². The summed E-state index contributed by atoms with van der Waals surface area (Å²) in [6.45, 7) is 10.5. The Labute approximate surface area is 134 Å². The first-order valence-corrected chi connectivity index (χ1v) is 8.64. The van der Waals surface area contributed by atoms with Crippen LogP contribution in [0.1, 0.15) is 31.0 Å². The fourth-order valence-electron chi connectivity index (χ4n) is 3.86. The summed E-state index contributed by atoms with van der Waals surface area (Å²) in [5.74, 6) is 0.823. The minimum Gasteiger partial charge on any atom is -0.357 e. The molecule has 1 aromatic heterocycles. The fourth-order valence-corrected chi connectivity index (χ4v) is 3.86. The number of aromatic nitrogens is 1. The maximum Gasteiger partial charge on any atom is 0.0459 e. The van der Waals surface area contributed by atoms with Crippen molar-refractivity contribution in [3.63, 3.8) is 0 Å². The third-order valence-corrected chi connectivity index (χ3v) is 5.12. The van der Waals surface area contributed by atoms with Gasteiger partial charge in [-0.3, -0.25) is 0 Å². The molecule has 2 aromatic rings. The van der Waals surface area contributed by atoms with Crippen LogP contribution in [0.5, 0.6) is 0 Å². The normalized spacial score (nSPS) is 20.1. The van der Waals surface area contributed by atoms with Crippen molar-refractivity contribution in [1.29, 1.82) is 0 Å². The summed E-state index contributed by atoms with van der Waals surface area (Å²) in [5, 5.41) is 1.36. The van der Waals surface area contributed by atoms with Crippen molar-refractivity contribution in [2.75, 3.05) is 33.2 Å². The topological polar surface area (TPSA) is 22.3 Å². The number of aromatic amines is 1. The van der Waals surface area contributed by atoms with Gasteiger partial charge in [0.05, 0.1) is 0 Å². The van der Waals surface area contributed by atoms with E-state index in [1.807, 2.05) is 0 Å². The average Bonchev–Trinajstić information content (AvgIpc) is 2.84. The number of benzene rings is 1. The van der Waals surface area contributed by atoms with Crippen LogP contribution in [-0.2, 0) is 6.54 Å². The van der Waals surface area contributed by atoms with Gasteiger partial charge in [-0.25, -0.2) is 0 Å². The van der Waals surface area contributed by atoms with Gasteiger partial charge < -0.3 is 14.8 Å². The van der Waals surface area contributed by atoms with Crippen molar-refractivity contribution >= 4 is 10.9 Å². The smallest absolute Gasteiger partial charge is 0.0459 e. The van der Waals surface area contributed by atoms with Crippen LogP contribution in [0.2, 0.25) is 0 Å². The van der Waals surface area contributed by atoms with Crippen molar-refractivity contribution in [3.05, 3.63) is 35.5 Å². The van der Waals surface area contributed by atoms with E-state index >= 15 is 0 Å². The standard InChI is InChI=1S/C19H29N3/c1-4-22-11-7-8-16(13-22)12-21(3)14-19-15(2)17-9-5-6-10-18(17)20-19/h5-6,9-10,16,20H,4,7-8,11-14H2,1-3H3. The summed E-state index contributed by atoms with van der Waals surface area (Å²) in [6.07, 6.45) is 2.74. The van der Waals surface area contributed by atoms with E-state index < -0.39 is 0 Å². The molecule has 3 heteroatoms. The minimum absolute atomic E-state index is 0.823. The summed E-state index contributed by atoms with van der Waals surface area (Å²) >= 11 is 0. The monoisotopic (exact) mass is 299 g/mol.